The second kappa shape index (κ2) is 2.78. The van der Waals surface area contributed by atoms with E-state index in [1.165, 1.54) is 0 Å². The van der Waals surface area contributed by atoms with Crippen LogP contribution in [0.4, 0.5) is 0 Å². The van der Waals surface area contributed by atoms with Gasteiger partial charge in [0.15, 0.2) is 0 Å². The highest BCUT2D eigenvalue weighted by atomic mass is 16.1. The van der Waals surface area contributed by atoms with E-state index in [-0.39, 0.29) is 0 Å². The summed E-state index contributed by atoms with van der Waals surface area (Å²) in [7, 11) is 0. The van der Waals surface area contributed by atoms with E-state index in [2.05, 4.69) is 11.9 Å². The van der Waals surface area contributed by atoms with Crippen molar-refractivity contribution in [2.45, 2.75) is 20.3 Å². The summed E-state index contributed by atoms with van der Waals surface area (Å²) in [6, 6.07) is 0. The van der Waals surface area contributed by atoms with Gasteiger partial charge in [-0.15, -0.1) is 0 Å². The van der Waals surface area contributed by atoms with Crippen LogP contribution >= 0.6 is 0 Å². The van der Waals surface area contributed by atoms with E-state index in [4.69, 9.17) is 0 Å². The maximum absolute atomic E-state index is 10.3. The largest absolute Gasteiger partial charge is 0.298 e. The quantitative estimate of drug-likeness (QED) is 0.504. The molecule has 1 aliphatic heterocycles. The summed E-state index contributed by atoms with van der Waals surface area (Å²) in [6.45, 7) is 4.07. The Morgan fingerprint density at radius 1 is 1.80 bits per heavy atom. The lowest BCUT2D eigenvalue weighted by atomic mass is 9.96. The number of rotatable bonds is 1. The molecule has 2 nitrogen and oxygen atoms in total. The number of aldehydes is 1. The zero-order chi connectivity index (χ0) is 7.56. The van der Waals surface area contributed by atoms with Gasteiger partial charge in [0, 0.05) is 17.5 Å². The second-order valence-electron chi connectivity index (χ2n) is 2.70. The van der Waals surface area contributed by atoms with Crippen LogP contribution < -0.4 is 0 Å². The van der Waals surface area contributed by atoms with Crippen LogP contribution in [0.2, 0.25) is 0 Å². The molecule has 0 aliphatic carbocycles. The molecule has 10 heavy (non-hydrogen) atoms. The maximum Gasteiger partial charge on any atom is 0.147 e. The van der Waals surface area contributed by atoms with Crippen molar-refractivity contribution in [3.05, 3.63) is 11.8 Å². The zero-order valence-electron chi connectivity index (χ0n) is 6.29. The standard InChI is InChI=1S/C8H11NO/c1-6-3-8(5-10)4-9-7(6)2/h4-6H,3H2,1-2H3. The fourth-order valence-corrected chi connectivity index (χ4v) is 0.944. The number of aliphatic imine (C=N–C) groups is 1. The molecule has 2 heteroatoms. The first-order valence-corrected chi connectivity index (χ1v) is 3.42. The summed E-state index contributed by atoms with van der Waals surface area (Å²) in [4.78, 5) is 14.4. The van der Waals surface area contributed by atoms with Gasteiger partial charge < -0.3 is 0 Å². The minimum absolute atomic E-state index is 0.435. The third-order valence-electron chi connectivity index (χ3n) is 1.84. The normalized spacial score (nSPS) is 25.2. The van der Waals surface area contributed by atoms with Gasteiger partial charge in [-0.1, -0.05) is 6.92 Å². The minimum Gasteiger partial charge on any atom is -0.298 e. The van der Waals surface area contributed by atoms with E-state index in [1.807, 2.05) is 6.92 Å². The first-order valence-electron chi connectivity index (χ1n) is 3.42. The topological polar surface area (TPSA) is 29.4 Å². The summed E-state index contributed by atoms with van der Waals surface area (Å²) >= 11 is 0. The third-order valence-corrected chi connectivity index (χ3v) is 1.84. The van der Waals surface area contributed by atoms with E-state index in [0.717, 1.165) is 24.0 Å². The van der Waals surface area contributed by atoms with Crippen molar-refractivity contribution in [2.24, 2.45) is 10.9 Å². The van der Waals surface area contributed by atoms with Crippen molar-refractivity contribution in [3.8, 4) is 0 Å². The lowest BCUT2D eigenvalue weighted by molar-refractivity contribution is -0.105. The van der Waals surface area contributed by atoms with Crippen LogP contribution in [-0.2, 0) is 4.79 Å². The van der Waals surface area contributed by atoms with E-state index in [0.29, 0.717) is 5.92 Å². The molecule has 0 spiro atoms. The van der Waals surface area contributed by atoms with Crippen molar-refractivity contribution in [1.29, 1.82) is 0 Å². The molecule has 1 unspecified atom stereocenters. The molecule has 1 heterocycles. The number of carbonyl (C=O) groups excluding carboxylic acids is 1. The van der Waals surface area contributed by atoms with Gasteiger partial charge >= 0.3 is 0 Å². The summed E-state index contributed by atoms with van der Waals surface area (Å²) in [6.07, 6.45) is 3.38. The molecule has 0 saturated heterocycles. The van der Waals surface area contributed by atoms with Crippen LogP contribution in [0, 0.1) is 5.92 Å². The average Bonchev–Trinajstić information content (AvgIpc) is 1.95. The van der Waals surface area contributed by atoms with Crippen LogP contribution in [0.25, 0.3) is 0 Å². The Labute approximate surface area is 60.7 Å². The van der Waals surface area contributed by atoms with Crippen molar-refractivity contribution in [2.75, 3.05) is 0 Å². The van der Waals surface area contributed by atoms with Crippen LogP contribution in [-0.4, -0.2) is 12.0 Å². The fraction of sp³-hybridized carbons (Fsp3) is 0.500. The van der Waals surface area contributed by atoms with Crippen molar-refractivity contribution in [3.63, 3.8) is 0 Å². The van der Waals surface area contributed by atoms with Crippen LogP contribution in [0.5, 0.6) is 0 Å². The molecule has 0 aromatic heterocycles. The van der Waals surface area contributed by atoms with Gasteiger partial charge in [-0.05, 0) is 19.3 Å². The number of hydrogen-bond donors (Lipinski definition) is 0. The molecule has 54 valence electrons. The minimum atomic E-state index is 0.435. The molecule has 0 fully saturated rings. The highest BCUT2D eigenvalue weighted by Crippen LogP contribution is 2.16. The van der Waals surface area contributed by atoms with Gasteiger partial charge in [-0.2, -0.15) is 0 Å². The molecule has 0 bridgehead atoms. The third kappa shape index (κ3) is 1.32. The molecule has 1 atom stereocenters. The van der Waals surface area contributed by atoms with Crippen molar-refractivity contribution in [1.82, 2.24) is 0 Å². The molecule has 0 aromatic carbocycles. The molecule has 0 aromatic rings. The average molecular weight is 137 g/mol. The van der Waals surface area contributed by atoms with E-state index in [1.54, 1.807) is 6.20 Å². The number of nitrogens with zero attached hydrogens (tertiary/aromatic N) is 1. The second-order valence-corrected chi connectivity index (χ2v) is 2.70. The van der Waals surface area contributed by atoms with Gasteiger partial charge in [0.05, 0.1) is 0 Å². The Balaban J connectivity index is 2.78. The maximum atomic E-state index is 10.3. The smallest absolute Gasteiger partial charge is 0.147 e. The van der Waals surface area contributed by atoms with E-state index in [9.17, 15) is 4.79 Å². The molecular weight excluding hydrogens is 126 g/mol. The van der Waals surface area contributed by atoms with Crippen LogP contribution in [0.1, 0.15) is 20.3 Å². The van der Waals surface area contributed by atoms with E-state index >= 15 is 0 Å². The predicted octanol–water partition coefficient (Wildman–Crippen LogP) is 1.57. The number of hydrogen-bond acceptors (Lipinski definition) is 2. The molecule has 0 radical (unpaired) electrons. The molecular formula is C8H11NO. The molecule has 0 N–H and O–H groups in total. The molecule has 1 aliphatic rings. The summed E-state index contributed by atoms with van der Waals surface area (Å²) < 4.78 is 0. The van der Waals surface area contributed by atoms with Gasteiger partial charge in [-0.25, -0.2) is 0 Å². The first-order chi connectivity index (χ1) is 4.74. The van der Waals surface area contributed by atoms with Crippen LogP contribution in [0.3, 0.4) is 0 Å². The first kappa shape index (κ1) is 7.19. The lowest BCUT2D eigenvalue weighted by Gasteiger charge is -2.13. The Hall–Kier alpha value is -0.920. The monoisotopic (exact) mass is 137 g/mol. The zero-order valence-corrected chi connectivity index (χ0v) is 6.29. The lowest BCUT2D eigenvalue weighted by Crippen LogP contribution is -2.11. The molecule has 0 saturated carbocycles. The van der Waals surface area contributed by atoms with Gasteiger partial charge in [0.1, 0.15) is 6.29 Å². The van der Waals surface area contributed by atoms with E-state index < -0.39 is 0 Å². The highest BCUT2D eigenvalue weighted by molar-refractivity contribution is 5.88. The van der Waals surface area contributed by atoms with Gasteiger partial charge in [-0.3, -0.25) is 9.79 Å². The fourth-order valence-electron chi connectivity index (χ4n) is 0.944. The number of allylic oxidation sites excluding steroid dienone is 1. The molecule has 1 rings (SSSR count). The van der Waals surface area contributed by atoms with Gasteiger partial charge in [0.25, 0.3) is 0 Å². The number of carbonyl (C=O) groups is 1. The Bertz CT molecular complexity index is 203. The Morgan fingerprint density at radius 3 is 3.00 bits per heavy atom. The van der Waals surface area contributed by atoms with Crippen molar-refractivity contribution < 1.29 is 4.79 Å². The highest BCUT2D eigenvalue weighted by Gasteiger charge is 2.11. The molecule has 0 amide bonds. The Kier molecular flexibility index (Phi) is 2.00. The van der Waals surface area contributed by atoms with Crippen LogP contribution in [0.15, 0.2) is 16.8 Å². The summed E-state index contributed by atoms with van der Waals surface area (Å²) in [5, 5.41) is 0. The predicted molar refractivity (Wildman–Crippen MR) is 41.0 cm³/mol. The van der Waals surface area contributed by atoms with Crippen molar-refractivity contribution >= 4 is 12.0 Å². The Morgan fingerprint density at radius 2 is 2.50 bits per heavy atom. The SMILES string of the molecule is CC1=NC=C(C=O)CC1C. The van der Waals surface area contributed by atoms with Gasteiger partial charge in [0.2, 0.25) is 0 Å². The summed E-state index contributed by atoms with van der Waals surface area (Å²) in [5.74, 6) is 0.435. The summed E-state index contributed by atoms with van der Waals surface area (Å²) in [5.41, 5.74) is 1.92.